The first-order valence-electron chi connectivity index (χ1n) is 10.7. The molecule has 0 aliphatic carbocycles. The third-order valence-corrected chi connectivity index (χ3v) is 6.08. The van der Waals surface area contributed by atoms with Gasteiger partial charge in [-0.2, -0.15) is 0 Å². The number of hydrogen-bond acceptors (Lipinski definition) is 4. The first kappa shape index (κ1) is 23.3. The van der Waals surface area contributed by atoms with E-state index in [4.69, 9.17) is 16.3 Å². The minimum absolute atomic E-state index is 0.0413. The zero-order valence-corrected chi connectivity index (χ0v) is 19.1. The fourth-order valence-corrected chi connectivity index (χ4v) is 4.41. The van der Waals surface area contributed by atoms with Crippen LogP contribution in [0.2, 0.25) is 5.02 Å². The smallest absolute Gasteiger partial charge is 0.321 e. The number of benzene rings is 1. The van der Waals surface area contributed by atoms with E-state index in [1.54, 1.807) is 23.0 Å². The SMILES string of the molecule is COCCN1C[C@@H]2CN(CC(=O)NCc3ccccc3Cl)C(=O)N2[C@@H](CC(C)C)C1=O. The number of fused-ring (bicyclic) bond motifs is 1. The van der Waals surface area contributed by atoms with E-state index in [9.17, 15) is 14.4 Å². The maximum absolute atomic E-state index is 13.1. The number of amides is 4. The van der Waals surface area contributed by atoms with Gasteiger partial charge in [0.05, 0.1) is 12.6 Å². The quantitative estimate of drug-likeness (QED) is 0.623. The van der Waals surface area contributed by atoms with E-state index >= 15 is 0 Å². The van der Waals surface area contributed by atoms with Gasteiger partial charge in [-0.25, -0.2) is 4.79 Å². The number of ether oxygens (including phenoxy) is 1. The lowest BCUT2D eigenvalue weighted by Gasteiger charge is -2.42. The predicted octanol–water partition coefficient (Wildman–Crippen LogP) is 1.97. The molecule has 0 radical (unpaired) electrons. The van der Waals surface area contributed by atoms with Crippen molar-refractivity contribution >= 4 is 29.4 Å². The molecule has 2 heterocycles. The summed E-state index contributed by atoms with van der Waals surface area (Å²) in [5.74, 6) is -0.0331. The fourth-order valence-electron chi connectivity index (χ4n) is 4.21. The first-order valence-corrected chi connectivity index (χ1v) is 11.0. The minimum Gasteiger partial charge on any atom is -0.383 e. The van der Waals surface area contributed by atoms with Crippen LogP contribution in [0.25, 0.3) is 0 Å². The molecule has 2 saturated heterocycles. The largest absolute Gasteiger partial charge is 0.383 e. The molecule has 0 aromatic heterocycles. The van der Waals surface area contributed by atoms with Gasteiger partial charge in [0.15, 0.2) is 0 Å². The topological polar surface area (TPSA) is 82.2 Å². The van der Waals surface area contributed by atoms with E-state index in [1.165, 1.54) is 4.90 Å². The molecule has 0 saturated carbocycles. The second-order valence-electron chi connectivity index (χ2n) is 8.51. The molecule has 0 bridgehead atoms. The van der Waals surface area contributed by atoms with Crippen molar-refractivity contribution < 1.29 is 19.1 Å². The highest BCUT2D eigenvalue weighted by Gasteiger charge is 2.49. The van der Waals surface area contributed by atoms with Crippen LogP contribution in [0.5, 0.6) is 0 Å². The van der Waals surface area contributed by atoms with Crippen LogP contribution < -0.4 is 5.32 Å². The van der Waals surface area contributed by atoms with Crippen LogP contribution in [0.3, 0.4) is 0 Å². The maximum atomic E-state index is 13.1. The summed E-state index contributed by atoms with van der Waals surface area (Å²) in [4.78, 5) is 43.7. The van der Waals surface area contributed by atoms with Crippen LogP contribution in [0.4, 0.5) is 4.79 Å². The van der Waals surface area contributed by atoms with Crippen molar-refractivity contribution in [2.45, 2.75) is 38.9 Å². The average Bonchev–Trinajstić information content (AvgIpc) is 3.03. The fraction of sp³-hybridized carbons (Fsp3) is 0.591. The van der Waals surface area contributed by atoms with Crippen LogP contribution in [0.1, 0.15) is 25.8 Å². The van der Waals surface area contributed by atoms with E-state index in [-0.39, 0.29) is 36.3 Å². The summed E-state index contributed by atoms with van der Waals surface area (Å²) in [6.07, 6.45) is 0.594. The lowest BCUT2D eigenvalue weighted by atomic mass is 9.97. The van der Waals surface area contributed by atoms with Gasteiger partial charge in [0.1, 0.15) is 12.6 Å². The molecule has 1 N–H and O–H groups in total. The van der Waals surface area contributed by atoms with Crippen molar-refractivity contribution in [3.63, 3.8) is 0 Å². The monoisotopic (exact) mass is 450 g/mol. The molecular formula is C22H31ClN4O4. The number of piperazine rings is 1. The van der Waals surface area contributed by atoms with Gasteiger partial charge in [-0.05, 0) is 24.0 Å². The van der Waals surface area contributed by atoms with Gasteiger partial charge >= 0.3 is 6.03 Å². The summed E-state index contributed by atoms with van der Waals surface area (Å²) in [5, 5.41) is 3.41. The van der Waals surface area contributed by atoms with Crippen LogP contribution in [0.15, 0.2) is 24.3 Å². The van der Waals surface area contributed by atoms with Gasteiger partial charge in [0.25, 0.3) is 0 Å². The Kier molecular flexibility index (Phi) is 7.78. The molecule has 0 spiro atoms. The van der Waals surface area contributed by atoms with E-state index in [1.807, 2.05) is 32.0 Å². The third-order valence-electron chi connectivity index (χ3n) is 5.71. The van der Waals surface area contributed by atoms with Gasteiger partial charge < -0.3 is 24.8 Å². The Bertz CT molecular complexity index is 818. The number of rotatable bonds is 9. The molecule has 2 aliphatic rings. The lowest BCUT2D eigenvalue weighted by Crippen LogP contribution is -2.61. The highest BCUT2D eigenvalue weighted by molar-refractivity contribution is 6.31. The molecule has 8 nitrogen and oxygen atoms in total. The van der Waals surface area contributed by atoms with E-state index in [0.717, 1.165) is 5.56 Å². The summed E-state index contributed by atoms with van der Waals surface area (Å²) in [5.41, 5.74) is 0.819. The average molecular weight is 451 g/mol. The first-order chi connectivity index (χ1) is 14.8. The van der Waals surface area contributed by atoms with Gasteiger partial charge in [0, 0.05) is 38.3 Å². The van der Waals surface area contributed by atoms with Crippen LogP contribution in [-0.2, 0) is 20.9 Å². The second kappa shape index (κ2) is 10.3. The van der Waals surface area contributed by atoms with Crippen LogP contribution in [-0.4, -0.2) is 84.5 Å². The van der Waals surface area contributed by atoms with Crippen molar-refractivity contribution in [2.24, 2.45) is 5.92 Å². The summed E-state index contributed by atoms with van der Waals surface area (Å²) >= 11 is 6.14. The Hall–Kier alpha value is -2.32. The van der Waals surface area contributed by atoms with Crippen LogP contribution >= 0.6 is 11.6 Å². The second-order valence-corrected chi connectivity index (χ2v) is 8.92. The molecular weight excluding hydrogens is 420 g/mol. The minimum atomic E-state index is -0.501. The number of methoxy groups -OCH3 is 1. The van der Waals surface area contributed by atoms with E-state index in [2.05, 4.69) is 5.32 Å². The maximum Gasteiger partial charge on any atom is 0.321 e. The third kappa shape index (κ3) is 5.49. The molecule has 3 rings (SSSR count). The molecule has 31 heavy (non-hydrogen) atoms. The Morgan fingerprint density at radius 3 is 2.61 bits per heavy atom. The Balaban J connectivity index is 1.65. The summed E-state index contributed by atoms with van der Waals surface area (Å²) in [6, 6.07) is 6.44. The lowest BCUT2D eigenvalue weighted by molar-refractivity contribution is -0.143. The highest BCUT2D eigenvalue weighted by Crippen LogP contribution is 2.29. The standard InChI is InChI=1S/C22H31ClN4O4/c1-15(2)10-19-21(29)25(8-9-31-3)12-17-13-26(22(30)27(17)19)14-20(28)24-11-16-6-4-5-7-18(16)23/h4-7,15,17,19H,8-14H2,1-3H3,(H,24,28)/t17-,19+/m1/s1. The molecule has 2 atom stereocenters. The van der Waals surface area contributed by atoms with E-state index in [0.29, 0.717) is 44.2 Å². The summed E-state index contributed by atoms with van der Waals surface area (Å²) < 4.78 is 5.14. The molecule has 1 aromatic rings. The molecule has 9 heteroatoms. The predicted molar refractivity (Wildman–Crippen MR) is 118 cm³/mol. The number of halogens is 1. The molecule has 2 aliphatic heterocycles. The number of carbonyl (C=O) groups is 3. The number of carbonyl (C=O) groups excluding carboxylic acids is 3. The highest BCUT2D eigenvalue weighted by atomic mass is 35.5. The van der Waals surface area contributed by atoms with Crippen molar-refractivity contribution in [1.29, 1.82) is 0 Å². The Morgan fingerprint density at radius 1 is 1.23 bits per heavy atom. The zero-order chi connectivity index (χ0) is 22.5. The zero-order valence-electron chi connectivity index (χ0n) is 18.3. The normalized spacial score (nSPS) is 21.1. The van der Waals surface area contributed by atoms with Crippen LogP contribution in [0, 0.1) is 5.92 Å². The van der Waals surface area contributed by atoms with Gasteiger partial charge in [0.2, 0.25) is 11.8 Å². The number of hydrogen-bond donors (Lipinski definition) is 1. The van der Waals surface area contributed by atoms with E-state index < -0.39 is 6.04 Å². The van der Waals surface area contributed by atoms with Crippen molar-refractivity contribution in [2.75, 3.05) is 39.9 Å². The number of nitrogens with one attached hydrogen (secondary N) is 1. The molecule has 1 aromatic carbocycles. The van der Waals surface area contributed by atoms with Gasteiger partial charge in [-0.1, -0.05) is 43.6 Å². The molecule has 0 unspecified atom stereocenters. The number of nitrogens with zero attached hydrogens (tertiary/aromatic N) is 3. The number of urea groups is 1. The van der Waals surface area contributed by atoms with Crippen molar-refractivity contribution in [3.8, 4) is 0 Å². The van der Waals surface area contributed by atoms with Crippen molar-refractivity contribution in [3.05, 3.63) is 34.9 Å². The Labute approximate surface area is 188 Å². The molecule has 2 fully saturated rings. The van der Waals surface area contributed by atoms with Crippen molar-refractivity contribution in [1.82, 2.24) is 20.0 Å². The van der Waals surface area contributed by atoms with Gasteiger partial charge in [-0.3, -0.25) is 9.59 Å². The van der Waals surface area contributed by atoms with Gasteiger partial charge in [-0.15, -0.1) is 0 Å². The Morgan fingerprint density at radius 2 is 1.94 bits per heavy atom. The molecule has 170 valence electrons. The summed E-state index contributed by atoms with van der Waals surface area (Å²) in [7, 11) is 1.61. The molecule has 4 amide bonds. The summed E-state index contributed by atoms with van der Waals surface area (Å²) in [6.45, 7) is 6.16.